The SMILES string of the molecule is CCN(CC)CCNC(=O)CSc1nc2nc(C)c(Cc3ccccc3Cl)c(C)n2n1. The van der Waals surface area contributed by atoms with Gasteiger partial charge in [-0.25, -0.2) is 9.50 Å². The number of fused-ring (bicyclic) bond motifs is 1. The average molecular weight is 461 g/mol. The smallest absolute Gasteiger partial charge is 0.253 e. The molecule has 9 heteroatoms. The number of benzene rings is 1. The second-order valence-corrected chi connectivity index (χ2v) is 8.65. The summed E-state index contributed by atoms with van der Waals surface area (Å²) in [5.74, 6) is 0.804. The van der Waals surface area contributed by atoms with Crippen molar-refractivity contribution in [2.24, 2.45) is 0 Å². The van der Waals surface area contributed by atoms with Gasteiger partial charge in [-0.15, -0.1) is 5.10 Å². The zero-order valence-corrected chi connectivity index (χ0v) is 20.1. The van der Waals surface area contributed by atoms with Crippen molar-refractivity contribution in [2.45, 2.75) is 39.3 Å². The molecule has 1 amide bonds. The number of carbonyl (C=O) groups excluding carboxylic acids is 1. The van der Waals surface area contributed by atoms with Crippen LogP contribution < -0.4 is 5.32 Å². The molecule has 0 aliphatic carbocycles. The van der Waals surface area contributed by atoms with Crippen LogP contribution in [0.1, 0.15) is 36.4 Å². The molecule has 0 aliphatic rings. The number of thioether (sulfide) groups is 1. The molecule has 0 aliphatic heterocycles. The number of aryl methyl sites for hydroxylation is 2. The zero-order valence-electron chi connectivity index (χ0n) is 18.5. The van der Waals surface area contributed by atoms with Crippen LogP contribution >= 0.6 is 23.4 Å². The first-order valence-electron chi connectivity index (χ1n) is 10.5. The summed E-state index contributed by atoms with van der Waals surface area (Å²) in [4.78, 5) is 23.6. The number of likely N-dealkylation sites (N-methyl/N-ethyl adjacent to an activating group) is 1. The molecule has 0 atom stereocenters. The highest BCUT2D eigenvalue weighted by molar-refractivity contribution is 7.99. The van der Waals surface area contributed by atoms with E-state index in [9.17, 15) is 4.79 Å². The van der Waals surface area contributed by atoms with Crippen molar-refractivity contribution in [1.29, 1.82) is 0 Å². The highest BCUT2D eigenvalue weighted by atomic mass is 35.5. The van der Waals surface area contributed by atoms with Crippen LogP contribution in [0.2, 0.25) is 5.02 Å². The largest absolute Gasteiger partial charge is 0.354 e. The molecular formula is C22H29ClN6OS. The van der Waals surface area contributed by atoms with E-state index < -0.39 is 0 Å². The van der Waals surface area contributed by atoms with E-state index in [0.29, 0.717) is 23.9 Å². The lowest BCUT2D eigenvalue weighted by molar-refractivity contribution is -0.118. The van der Waals surface area contributed by atoms with Crippen LogP contribution in [0.15, 0.2) is 29.4 Å². The molecule has 1 N–H and O–H groups in total. The second-order valence-electron chi connectivity index (χ2n) is 7.30. The van der Waals surface area contributed by atoms with Crippen LogP contribution in [-0.4, -0.2) is 62.3 Å². The minimum absolute atomic E-state index is 0.0173. The monoisotopic (exact) mass is 460 g/mol. The Morgan fingerprint density at radius 2 is 1.94 bits per heavy atom. The summed E-state index contributed by atoms with van der Waals surface area (Å²) in [6, 6.07) is 7.82. The van der Waals surface area contributed by atoms with Gasteiger partial charge in [-0.3, -0.25) is 4.79 Å². The Morgan fingerprint density at radius 1 is 1.19 bits per heavy atom. The minimum Gasteiger partial charge on any atom is -0.354 e. The maximum atomic E-state index is 12.2. The van der Waals surface area contributed by atoms with E-state index in [1.54, 1.807) is 4.52 Å². The lowest BCUT2D eigenvalue weighted by atomic mass is 10.0. The first-order chi connectivity index (χ1) is 14.9. The maximum absolute atomic E-state index is 12.2. The summed E-state index contributed by atoms with van der Waals surface area (Å²) in [5.41, 5.74) is 4.01. The number of rotatable bonds is 10. The Kier molecular flexibility index (Phi) is 8.28. The van der Waals surface area contributed by atoms with Crippen LogP contribution in [0.5, 0.6) is 0 Å². The molecule has 0 bridgehead atoms. The molecule has 2 aromatic heterocycles. The number of amides is 1. The minimum atomic E-state index is -0.0173. The third-order valence-electron chi connectivity index (χ3n) is 5.33. The lowest BCUT2D eigenvalue weighted by Gasteiger charge is -2.17. The number of nitrogens with one attached hydrogen (secondary N) is 1. The summed E-state index contributed by atoms with van der Waals surface area (Å²) >= 11 is 7.66. The van der Waals surface area contributed by atoms with Gasteiger partial charge in [0.1, 0.15) is 0 Å². The van der Waals surface area contributed by atoms with E-state index in [4.69, 9.17) is 11.6 Å². The van der Waals surface area contributed by atoms with Crippen molar-refractivity contribution >= 4 is 35.0 Å². The van der Waals surface area contributed by atoms with Gasteiger partial charge in [-0.2, -0.15) is 4.98 Å². The van der Waals surface area contributed by atoms with E-state index in [1.165, 1.54) is 11.8 Å². The van der Waals surface area contributed by atoms with Crippen molar-refractivity contribution in [3.05, 3.63) is 51.8 Å². The van der Waals surface area contributed by atoms with E-state index in [2.05, 4.69) is 39.1 Å². The molecule has 2 heterocycles. The number of nitrogens with zero attached hydrogens (tertiary/aromatic N) is 5. The summed E-state index contributed by atoms with van der Waals surface area (Å²) in [6.07, 6.45) is 0.678. The van der Waals surface area contributed by atoms with E-state index in [0.717, 1.165) is 47.2 Å². The quantitative estimate of drug-likeness (QED) is 0.466. The molecule has 3 rings (SSSR count). The topological polar surface area (TPSA) is 75.4 Å². The predicted molar refractivity (Wildman–Crippen MR) is 126 cm³/mol. The Labute approximate surface area is 192 Å². The first-order valence-corrected chi connectivity index (χ1v) is 11.9. The van der Waals surface area contributed by atoms with E-state index in [-0.39, 0.29) is 11.7 Å². The van der Waals surface area contributed by atoms with Crippen molar-refractivity contribution in [3.63, 3.8) is 0 Å². The first kappa shape index (κ1) is 23.5. The van der Waals surface area contributed by atoms with Gasteiger partial charge in [0.2, 0.25) is 11.1 Å². The lowest BCUT2D eigenvalue weighted by Crippen LogP contribution is -2.35. The van der Waals surface area contributed by atoms with Gasteiger partial charge in [-0.05, 0) is 44.1 Å². The van der Waals surface area contributed by atoms with E-state index >= 15 is 0 Å². The number of halogens is 1. The molecule has 1 aromatic carbocycles. The molecule has 0 radical (unpaired) electrons. The van der Waals surface area contributed by atoms with Crippen LogP contribution in [-0.2, 0) is 11.2 Å². The molecule has 7 nitrogen and oxygen atoms in total. The summed E-state index contributed by atoms with van der Waals surface area (Å²) in [5, 5.41) is 8.81. The fourth-order valence-corrected chi connectivity index (χ4v) is 4.26. The third kappa shape index (κ3) is 5.96. The van der Waals surface area contributed by atoms with Gasteiger partial charge >= 0.3 is 0 Å². The zero-order chi connectivity index (χ0) is 22.4. The molecule has 0 fully saturated rings. The number of carbonyl (C=O) groups is 1. The van der Waals surface area contributed by atoms with Crippen molar-refractivity contribution in [3.8, 4) is 0 Å². The summed E-state index contributed by atoms with van der Waals surface area (Å²) in [6.45, 7) is 11.7. The van der Waals surface area contributed by atoms with Crippen LogP contribution in [0.3, 0.4) is 0 Å². The Hall–Kier alpha value is -2.16. The highest BCUT2D eigenvalue weighted by Crippen LogP contribution is 2.23. The fraction of sp³-hybridized carbons (Fsp3) is 0.455. The summed E-state index contributed by atoms with van der Waals surface area (Å²) < 4.78 is 1.75. The Bertz CT molecular complexity index is 1050. The van der Waals surface area contributed by atoms with Gasteiger partial charge in [0.05, 0.1) is 5.75 Å². The van der Waals surface area contributed by atoms with Crippen molar-refractivity contribution in [2.75, 3.05) is 31.9 Å². The summed E-state index contributed by atoms with van der Waals surface area (Å²) in [7, 11) is 0. The molecule has 0 saturated carbocycles. The number of aromatic nitrogens is 4. The predicted octanol–water partition coefficient (Wildman–Crippen LogP) is 3.54. The number of hydrogen-bond donors (Lipinski definition) is 1. The number of hydrogen-bond acceptors (Lipinski definition) is 6. The standard InChI is InChI=1S/C22H29ClN6OS/c1-5-28(6-2)12-11-24-20(30)14-31-22-26-21-25-15(3)18(16(4)29(21)27-22)13-17-9-7-8-10-19(17)23/h7-10H,5-6,11-14H2,1-4H3,(H,24,30). The third-order valence-corrected chi connectivity index (χ3v) is 6.54. The van der Waals surface area contributed by atoms with Gasteiger partial charge in [0.15, 0.2) is 0 Å². The molecule has 0 unspecified atom stereocenters. The fourth-order valence-electron chi connectivity index (χ4n) is 3.41. The van der Waals surface area contributed by atoms with Crippen LogP contribution in [0.25, 0.3) is 5.78 Å². The Balaban J connectivity index is 1.66. The highest BCUT2D eigenvalue weighted by Gasteiger charge is 2.16. The van der Waals surface area contributed by atoms with Crippen molar-refractivity contribution < 1.29 is 4.79 Å². The van der Waals surface area contributed by atoms with Crippen LogP contribution in [0, 0.1) is 13.8 Å². The molecular weight excluding hydrogens is 432 g/mol. The second kappa shape index (κ2) is 10.9. The molecule has 3 aromatic rings. The van der Waals surface area contributed by atoms with Gasteiger partial charge in [-0.1, -0.05) is 55.4 Å². The van der Waals surface area contributed by atoms with Crippen molar-refractivity contribution in [1.82, 2.24) is 29.8 Å². The average Bonchev–Trinajstić information content (AvgIpc) is 3.17. The molecule has 166 valence electrons. The van der Waals surface area contributed by atoms with Gasteiger partial charge < -0.3 is 10.2 Å². The molecule has 0 spiro atoms. The molecule has 0 saturated heterocycles. The normalized spacial score (nSPS) is 11.4. The Morgan fingerprint density at radius 3 is 2.65 bits per heavy atom. The van der Waals surface area contributed by atoms with Crippen LogP contribution in [0.4, 0.5) is 0 Å². The van der Waals surface area contributed by atoms with Gasteiger partial charge in [0.25, 0.3) is 5.78 Å². The maximum Gasteiger partial charge on any atom is 0.253 e. The molecule has 31 heavy (non-hydrogen) atoms. The van der Waals surface area contributed by atoms with Gasteiger partial charge in [0, 0.05) is 35.9 Å². The van der Waals surface area contributed by atoms with E-state index in [1.807, 2.05) is 38.1 Å².